The van der Waals surface area contributed by atoms with Crippen LogP contribution >= 0.6 is 0 Å². The maximum absolute atomic E-state index is 2.51. The minimum absolute atomic E-state index is 1.18. The van der Waals surface area contributed by atoms with Gasteiger partial charge in [0.2, 0.25) is 0 Å². The molecule has 0 aliphatic rings. The fourth-order valence-electron chi connectivity index (χ4n) is 9.52. The van der Waals surface area contributed by atoms with Gasteiger partial charge >= 0.3 is 0 Å². The predicted molar refractivity (Wildman–Crippen MR) is 209 cm³/mol. The van der Waals surface area contributed by atoms with E-state index in [1.54, 1.807) is 0 Å². The van der Waals surface area contributed by atoms with Crippen molar-refractivity contribution in [2.24, 2.45) is 0 Å². The third-order valence-corrected chi connectivity index (χ3v) is 11.4. The molecular weight excluding hydrogens is 609 g/mol. The van der Waals surface area contributed by atoms with Crippen LogP contribution < -0.4 is 0 Å². The summed E-state index contributed by atoms with van der Waals surface area (Å²) in [4.78, 5) is 0. The zero-order valence-corrected chi connectivity index (χ0v) is 26.8. The van der Waals surface area contributed by atoms with Crippen LogP contribution in [0.3, 0.4) is 0 Å². The van der Waals surface area contributed by atoms with Crippen molar-refractivity contribution >= 4 is 98.0 Å². The van der Waals surface area contributed by atoms with Crippen LogP contribution in [0, 0.1) is 0 Å². The van der Waals surface area contributed by atoms with Gasteiger partial charge in [-0.2, -0.15) is 0 Å². The lowest BCUT2D eigenvalue weighted by Gasteiger charge is -2.08. The van der Waals surface area contributed by atoms with Crippen LogP contribution in [0.2, 0.25) is 0 Å². The molecule has 0 radical (unpaired) electrons. The monoisotopic (exact) mass is 634 g/mol. The highest BCUT2D eigenvalue weighted by Crippen LogP contribution is 2.48. The Morgan fingerprint density at radius 1 is 0.300 bits per heavy atom. The molecule has 0 N–H and O–H groups in total. The molecule has 0 saturated heterocycles. The molecule has 0 saturated carbocycles. The summed E-state index contributed by atoms with van der Waals surface area (Å²) < 4.78 is 9.74. The zero-order valence-electron chi connectivity index (χ0n) is 26.8. The van der Waals surface area contributed by atoms with Gasteiger partial charge in [0.15, 0.2) is 0 Å². The molecule has 230 valence electrons. The van der Waals surface area contributed by atoms with E-state index in [-0.39, 0.29) is 0 Å². The smallest absolute Gasteiger partial charge is 0.0615 e. The van der Waals surface area contributed by atoms with Crippen molar-refractivity contribution in [1.29, 1.82) is 0 Å². The van der Waals surface area contributed by atoms with E-state index in [9.17, 15) is 0 Å². The highest BCUT2D eigenvalue weighted by molar-refractivity contribution is 6.36. The first-order valence-corrected chi connectivity index (χ1v) is 17.3. The number of benzene rings is 7. The molecule has 50 heavy (non-hydrogen) atoms. The number of nitrogens with zero attached hydrogens (tertiary/aromatic N) is 4. The second-order valence-corrected chi connectivity index (χ2v) is 13.8. The molecular formula is C46H26N4. The fraction of sp³-hybridized carbons (Fsp3) is 0. The summed E-state index contributed by atoms with van der Waals surface area (Å²) in [7, 11) is 0. The summed E-state index contributed by atoms with van der Waals surface area (Å²) in [6.07, 6.45) is 4.53. The standard InChI is InChI=1S/C46H26N4/c1-3-11-29(12-4-1)49-35-17-9-7-15-31(35)41-39(49)23-27-19-21-47-37-26-38-34(25-33(37)43(41)45(27)47)44-42-32-16-8-10-18-36(32)50(30-13-5-2-6-14-30)40(42)24-28-20-22-48(38)46(28)44/h1-26H. The Bertz CT molecular complexity index is 3290. The molecule has 6 heterocycles. The Kier molecular flexibility index (Phi) is 4.36. The van der Waals surface area contributed by atoms with E-state index in [1.165, 1.54) is 109 Å². The van der Waals surface area contributed by atoms with Gasteiger partial charge in [-0.1, -0.05) is 72.8 Å². The van der Waals surface area contributed by atoms with Crippen LogP contribution in [0.1, 0.15) is 0 Å². The lowest BCUT2D eigenvalue weighted by atomic mass is 10.00. The number of fused-ring (bicyclic) bond motifs is 14. The number of hydrogen-bond donors (Lipinski definition) is 0. The van der Waals surface area contributed by atoms with Crippen molar-refractivity contribution < 1.29 is 0 Å². The first-order chi connectivity index (χ1) is 24.8. The Balaban J connectivity index is 1.27. The van der Waals surface area contributed by atoms with E-state index in [0.29, 0.717) is 0 Å². The number of aromatic nitrogens is 4. The van der Waals surface area contributed by atoms with E-state index in [2.05, 4.69) is 176 Å². The van der Waals surface area contributed by atoms with E-state index < -0.39 is 0 Å². The molecule has 0 amide bonds. The fourth-order valence-corrected chi connectivity index (χ4v) is 9.52. The van der Waals surface area contributed by atoms with Crippen molar-refractivity contribution in [3.05, 3.63) is 158 Å². The Hall–Kier alpha value is -6.78. The van der Waals surface area contributed by atoms with Gasteiger partial charge in [-0.05, 0) is 72.8 Å². The third kappa shape index (κ3) is 2.84. The van der Waals surface area contributed by atoms with Gasteiger partial charge in [-0.25, -0.2) is 0 Å². The summed E-state index contributed by atoms with van der Waals surface area (Å²) in [6, 6.07) is 53.7. The molecule has 7 aromatic carbocycles. The van der Waals surface area contributed by atoms with Crippen LogP contribution in [-0.4, -0.2) is 17.9 Å². The van der Waals surface area contributed by atoms with E-state index >= 15 is 0 Å². The predicted octanol–water partition coefficient (Wildman–Crippen LogP) is 11.9. The Morgan fingerprint density at radius 3 is 1.22 bits per heavy atom. The number of hydrogen-bond acceptors (Lipinski definition) is 0. The average Bonchev–Trinajstić information content (AvgIpc) is 4.01. The quantitative estimate of drug-likeness (QED) is 0.180. The molecule has 4 nitrogen and oxygen atoms in total. The molecule has 0 unspecified atom stereocenters. The van der Waals surface area contributed by atoms with Crippen molar-refractivity contribution in [3.8, 4) is 11.4 Å². The highest BCUT2D eigenvalue weighted by Gasteiger charge is 2.25. The molecule has 13 aromatic rings. The van der Waals surface area contributed by atoms with Gasteiger partial charge in [0, 0.05) is 77.6 Å². The summed E-state index contributed by atoms with van der Waals surface area (Å²) in [6.45, 7) is 0. The molecule has 0 fully saturated rings. The lowest BCUT2D eigenvalue weighted by molar-refractivity contribution is 1.18. The lowest BCUT2D eigenvalue weighted by Crippen LogP contribution is -1.92. The van der Waals surface area contributed by atoms with Crippen molar-refractivity contribution in [2.75, 3.05) is 0 Å². The molecule has 0 aliphatic heterocycles. The second kappa shape index (κ2) is 8.62. The van der Waals surface area contributed by atoms with Gasteiger partial charge in [-0.15, -0.1) is 0 Å². The second-order valence-electron chi connectivity index (χ2n) is 13.8. The number of para-hydroxylation sites is 4. The highest BCUT2D eigenvalue weighted by atomic mass is 15.0. The molecule has 0 atom stereocenters. The van der Waals surface area contributed by atoms with E-state index in [4.69, 9.17) is 0 Å². The van der Waals surface area contributed by atoms with Crippen molar-refractivity contribution in [2.45, 2.75) is 0 Å². The van der Waals surface area contributed by atoms with Crippen LogP contribution in [0.4, 0.5) is 0 Å². The summed E-state index contributed by atoms with van der Waals surface area (Å²) >= 11 is 0. The molecule has 0 spiro atoms. The van der Waals surface area contributed by atoms with Crippen molar-refractivity contribution in [3.63, 3.8) is 0 Å². The van der Waals surface area contributed by atoms with E-state index in [1.807, 2.05) is 0 Å². The topological polar surface area (TPSA) is 18.7 Å². The molecule has 13 rings (SSSR count). The van der Waals surface area contributed by atoms with Gasteiger partial charge < -0.3 is 17.9 Å². The van der Waals surface area contributed by atoms with Gasteiger partial charge in [-0.3, -0.25) is 0 Å². The van der Waals surface area contributed by atoms with Crippen LogP contribution in [0.25, 0.3) is 109 Å². The Morgan fingerprint density at radius 2 is 0.740 bits per heavy atom. The summed E-state index contributed by atoms with van der Waals surface area (Å²) in [5.74, 6) is 0. The first kappa shape index (κ1) is 25.3. The summed E-state index contributed by atoms with van der Waals surface area (Å²) in [5, 5.41) is 13.0. The van der Waals surface area contributed by atoms with Crippen LogP contribution in [-0.2, 0) is 0 Å². The molecule has 0 bridgehead atoms. The van der Waals surface area contributed by atoms with Crippen molar-refractivity contribution in [1.82, 2.24) is 17.9 Å². The largest absolute Gasteiger partial charge is 0.315 e. The summed E-state index contributed by atoms with van der Waals surface area (Å²) in [5.41, 5.74) is 12.4. The van der Waals surface area contributed by atoms with E-state index in [0.717, 1.165) is 0 Å². The first-order valence-electron chi connectivity index (χ1n) is 17.3. The minimum atomic E-state index is 1.18. The molecule has 0 aliphatic carbocycles. The molecule has 6 aromatic heterocycles. The van der Waals surface area contributed by atoms with Crippen LogP contribution in [0.5, 0.6) is 0 Å². The molecule has 4 heteroatoms. The third-order valence-electron chi connectivity index (χ3n) is 11.4. The zero-order chi connectivity index (χ0) is 32.2. The maximum atomic E-state index is 2.51. The normalized spacial score (nSPS) is 12.8. The Labute approximate surface area is 284 Å². The SMILES string of the molecule is c1ccc(-n2c3ccccc3c3c4c5cc6c7c8c9ccccc9n(-c9ccccc9)c8cc8ccn(c6cc5n5ccc(cc32)c45)c87)cc1. The maximum Gasteiger partial charge on any atom is 0.0615 e. The van der Waals surface area contributed by atoms with Gasteiger partial charge in [0.05, 0.1) is 44.1 Å². The van der Waals surface area contributed by atoms with Crippen LogP contribution in [0.15, 0.2) is 158 Å². The average molecular weight is 635 g/mol. The van der Waals surface area contributed by atoms with Gasteiger partial charge in [0.25, 0.3) is 0 Å². The van der Waals surface area contributed by atoms with Gasteiger partial charge in [0.1, 0.15) is 0 Å². The number of rotatable bonds is 2. The minimum Gasteiger partial charge on any atom is -0.315 e.